The maximum atomic E-state index is 12.8. The van der Waals surface area contributed by atoms with Crippen LogP contribution >= 0.6 is 22.9 Å². The van der Waals surface area contributed by atoms with Gasteiger partial charge in [0, 0.05) is 29.1 Å². The summed E-state index contributed by atoms with van der Waals surface area (Å²) < 4.78 is 30.7. The summed E-state index contributed by atoms with van der Waals surface area (Å²) in [6.45, 7) is 0. The molecule has 0 atom stereocenters. The zero-order valence-corrected chi connectivity index (χ0v) is 22.0. The number of carbonyl (C=O) groups is 1. The summed E-state index contributed by atoms with van der Waals surface area (Å²) in [6.07, 6.45) is 1.64. The van der Waals surface area contributed by atoms with E-state index in [1.807, 2.05) is 12.1 Å². The van der Waals surface area contributed by atoms with Crippen LogP contribution < -0.4 is 9.50 Å². The molecule has 0 aliphatic heterocycles. The number of nitriles is 1. The van der Waals surface area contributed by atoms with E-state index in [0.29, 0.717) is 16.5 Å². The molecule has 1 amide bonds. The van der Waals surface area contributed by atoms with Crippen LogP contribution in [0.25, 0.3) is 6.08 Å². The first-order valence-electron chi connectivity index (χ1n) is 10.9. The molecule has 0 fully saturated rings. The molecular formula is C25H16ClN5O6S2. The third-order valence-electron chi connectivity index (χ3n) is 5.08. The van der Waals surface area contributed by atoms with E-state index >= 15 is 0 Å². The molecule has 1 N–H and O–H groups in total. The first-order valence-corrected chi connectivity index (χ1v) is 13.5. The van der Waals surface area contributed by atoms with E-state index < -0.39 is 20.9 Å². The van der Waals surface area contributed by atoms with Crippen molar-refractivity contribution in [3.05, 3.63) is 110 Å². The number of nitro groups is 1. The number of nitro benzene ring substituents is 1. The molecule has 196 valence electrons. The van der Waals surface area contributed by atoms with Crippen molar-refractivity contribution in [2.45, 2.75) is 11.3 Å². The molecule has 0 saturated carbocycles. The molecular weight excluding hydrogens is 566 g/mol. The van der Waals surface area contributed by atoms with Crippen LogP contribution in [-0.4, -0.2) is 29.4 Å². The number of carbonyl (C=O) groups excluding carboxylic acids is 1. The van der Waals surface area contributed by atoms with Gasteiger partial charge in [-0.1, -0.05) is 53.3 Å². The predicted octanol–water partition coefficient (Wildman–Crippen LogP) is 5.00. The predicted molar refractivity (Wildman–Crippen MR) is 144 cm³/mol. The minimum atomic E-state index is -4.37. The zero-order chi connectivity index (χ0) is 28.0. The van der Waals surface area contributed by atoms with Crippen LogP contribution in [0.15, 0.2) is 83.3 Å². The summed E-state index contributed by atoms with van der Waals surface area (Å²) in [5.41, 5.74) is 0.462. The summed E-state index contributed by atoms with van der Waals surface area (Å²) in [5, 5.41) is 32.3. The number of amides is 1. The van der Waals surface area contributed by atoms with E-state index in [1.54, 1.807) is 24.3 Å². The van der Waals surface area contributed by atoms with Crippen molar-refractivity contribution in [2.75, 3.05) is 5.32 Å². The van der Waals surface area contributed by atoms with Crippen molar-refractivity contribution in [1.82, 2.24) is 10.2 Å². The first kappa shape index (κ1) is 27.4. The van der Waals surface area contributed by atoms with Gasteiger partial charge in [0.05, 0.1) is 4.92 Å². The topological polar surface area (TPSA) is 165 Å². The van der Waals surface area contributed by atoms with Gasteiger partial charge in [-0.15, -0.1) is 10.2 Å². The molecule has 0 aliphatic carbocycles. The zero-order valence-electron chi connectivity index (χ0n) is 19.6. The number of halogens is 1. The molecule has 39 heavy (non-hydrogen) atoms. The highest BCUT2D eigenvalue weighted by Crippen LogP contribution is 2.27. The Hall–Kier alpha value is -4.64. The van der Waals surface area contributed by atoms with Crippen LogP contribution in [-0.2, 0) is 21.3 Å². The van der Waals surface area contributed by atoms with Crippen LogP contribution in [0, 0.1) is 21.4 Å². The average molecular weight is 582 g/mol. The lowest BCUT2D eigenvalue weighted by Gasteiger charge is -2.10. The average Bonchev–Trinajstić information content (AvgIpc) is 3.35. The number of hydrogen-bond donors (Lipinski definition) is 1. The summed E-state index contributed by atoms with van der Waals surface area (Å²) in [4.78, 5) is 22.6. The fourth-order valence-electron chi connectivity index (χ4n) is 3.20. The van der Waals surface area contributed by atoms with Gasteiger partial charge in [-0.2, -0.15) is 13.7 Å². The monoisotopic (exact) mass is 581 g/mol. The second-order valence-corrected chi connectivity index (χ2v) is 10.8. The molecule has 0 unspecified atom stereocenters. The van der Waals surface area contributed by atoms with E-state index in [0.717, 1.165) is 41.2 Å². The number of benzene rings is 3. The molecule has 1 heterocycles. The molecule has 0 saturated heterocycles. The van der Waals surface area contributed by atoms with Gasteiger partial charge in [-0.3, -0.25) is 20.2 Å². The van der Waals surface area contributed by atoms with Crippen LogP contribution in [0.5, 0.6) is 5.75 Å². The normalized spacial score (nSPS) is 11.4. The number of aromatic nitrogens is 2. The van der Waals surface area contributed by atoms with Crippen LogP contribution in [0.1, 0.15) is 16.1 Å². The fraction of sp³-hybridized carbons (Fsp3) is 0.0400. The van der Waals surface area contributed by atoms with E-state index in [1.165, 1.54) is 24.3 Å². The molecule has 4 aromatic rings. The Morgan fingerprint density at radius 3 is 2.46 bits per heavy atom. The van der Waals surface area contributed by atoms with Crippen molar-refractivity contribution in [1.29, 1.82) is 5.26 Å². The third-order valence-corrected chi connectivity index (χ3v) is 7.41. The maximum Gasteiger partial charge on any atom is 0.339 e. The molecule has 4 rings (SSSR count). The van der Waals surface area contributed by atoms with E-state index in [4.69, 9.17) is 15.8 Å². The number of nitrogens with one attached hydrogen (secondary N) is 1. The fourth-order valence-corrected chi connectivity index (χ4v) is 5.05. The number of non-ortho nitro benzene ring substituents is 1. The summed E-state index contributed by atoms with van der Waals surface area (Å²) in [7, 11) is -4.37. The number of hydrogen-bond acceptors (Lipinski definition) is 10. The van der Waals surface area contributed by atoms with Crippen LogP contribution in [0.3, 0.4) is 0 Å². The maximum absolute atomic E-state index is 12.8. The summed E-state index contributed by atoms with van der Waals surface area (Å²) >= 11 is 7.03. The van der Waals surface area contributed by atoms with E-state index in [9.17, 15) is 28.6 Å². The lowest BCUT2D eigenvalue weighted by atomic mass is 10.1. The highest BCUT2D eigenvalue weighted by atomic mass is 35.5. The van der Waals surface area contributed by atoms with Crippen LogP contribution in [0.2, 0.25) is 5.02 Å². The van der Waals surface area contributed by atoms with E-state index in [2.05, 4.69) is 15.5 Å². The van der Waals surface area contributed by atoms with Gasteiger partial charge < -0.3 is 4.18 Å². The van der Waals surface area contributed by atoms with Gasteiger partial charge >= 0.3 is 10.1 Å². The van der Waals surface area contributed by atoms with Crippen LogP contribution in [0.4, 0.5) is 10.8 Å². The quantitative estimate of drug-likeness (QED) is 0.0940. The van der Waals surface area contributed by atoms with Gasteiger partial charge in [0.1, 0.15) is 27.3 Å². The summed E-state index contributed by atoms with van der Waals surface area (Å²) in [6, 6.07) is 19.0. The molecule has 3 aromatic carbocycles. The second kappa shape index (κ2) is 11.8. The number of para-hydroxylation sites is 1. The van der Waals surface area contributed by atoms with Gasteiger partial charge in [0.25, 0.3) is 11.6 Å². The van der Waals surface area contributed by atoms with E-state index in [-0.39, 0.29) is 32.6 Å². The standard InChI is InChI=1S/C25H16ClN5O6S2/c26-19-7-5-16(6-8-19)13-23-29-30-25(38-23)28-24(32)18(15-27)14-17-3-1-2-4-22(17)37-39(35,36)21-11-9-20(10-12-21)31(33)34/h1-12,14H,13H2,(H,28,30,32)/b18-14+. The van der Waals surface area contributed by atoms with Crippen molar-refractivity contribution in [3.8, 4) is 11.8 Å². The Morgan fingerprint density at radius 1 is 1.10 bits per heavy atom. The number of anilines is 1. The lowest BCUT2D eigenvalue weighted by molar-refractivity contribution is -0.384. The Balaban J connectivity index is 1.50. The molecule has 1 aromatic heterocycles. The van der Waals surface area contributed by atoms with Crippen molar-refractivity contribution in [3.63, 3.8) is 0 Å². The van der Waals surface area contributed by atoms with Crippen molar-refractivity contribution < 1.29 is 22.3 Å². The molecule has 11 nitrogen and oxygen atoms in total. The Morgan fingerprint density at radius 2 is 1.79 bits per heavy atom. The highest BCUT2D eigenvalue weighted by molar-refractivity contribution is 7.87. The molecule has 14 heteroatoms. The SMILES string of the molecule is N#C/C(=C\c1ccccc1OS(=O)(=O)c1ccc([N+](=O)[O-])cc1)C(=O)Nc1nnc(Cc2ccc(Cl)cc2)s1. The molecule has 0 radical (unpaired) electrons. The smallest absolute Gasteiger partial charge is 0.339 e. The minimum absolute atomic E-state index is 0.135. The Labute approximate surface area is 231 Å². The minimum Gasteiger partial charge on any atom is -0.378 e. The van der Waals surface area contributed by atoms with Crippen molar-refractivity contribution >= 4 is 55.9 Å². The molecule has 0 bridgehead atoms. The first-order chi connectivity index (χ1) is 18.6. The highest BCUT2D eigenvalue weighted by Gasteiger charge is 2.20. The molecule has 0 spiro atoms. The Bertz CT molecular complexity index is 1710. The van der Waals surface area contributed by atoms with Crippen molar-refractivity contribution in [2.24, 2.45) is 0 Å². The lowest BCUT2D eigenvalue weighted by Crippen LogP contribution is -2.14. The summed E-state index contributed by atoms with van der Waals surface area (Å²) in [5.74, 6) is -0.933. The second-order valence-electron chi connectivity index (χ2n) is 7.75. The van der Waals surface area contributed by atoms with Gasteiger partial charge in [0.2, 0.25) is 5.13 Å². The number of rotatable bonds is 9. The van der Waals surface area contributed by atoms with Gasteiger partial charge in [-0.05, 0) is 42.0 Å². The molecule has 0 aliphatic rings. The number of nitrogens with zero attached hydrogens (tertiary/aromatic N) is 4. The van der Waals surface area contributed by atoms with Gasteiger partial charge in [0.15, 0.2) is 0 Å². The largest absolute Gasteiger partial charge is 0.378 e. The van der Waals surface area contributed by atoms with Gasteiger partial charge in [-0.25, -0.2) is 0 Å². The Kier molecular flexibility index (Phi) is 8.30. The third kappa shape index (κ3) is 7.02.